The third-order valence-electron chi connectivity index (χ3n) is 4.32. The fraction of sp³-hybridized carbons (Fsp3) is 0.500. The SMILES string of the molecule is Cc1cccn2cc(CNC3CCCC(C(=O)O)C3)nc12. The fourth-order valence-corrected chi connectivity index (χ4v) is 3.14. The van der Waals surface area contributed by atoms with Crippen molar-refractivity contribution in [1.82, 2.24) is 14.7 Å². The van der Waals surface area contributed by atoms with Gasteiger partial charge in [-0.3, -0.25) is 4.79 Å². The number of aromatic nitrogens is 2. The Balaban J connectivity index is 1.63. The molecule has 5 heteroatoms. The van der Waals surface area contributed by atoms with Gasteiger partial charge in [0, 0.05) is 25.0 Å². The molecule has 2 aromatic heterocycles. The van der Waals surface area contributed by atoms with Crippen molar-refractivity contribution in [2.24, 2.45) is 5.92 Å². The molecule has 1 aliphatic rings. The molecule has 3 rings (SSSR count). The summed E-state index contributed by atoms with van der Waals surface area (Å²) >= 11 is 0. The second-order valence-corrected chi connectivity index (χ2v) is 5.93. The molecule has 0 saturated heterocycles. The number of pyridine rings is 1. The molecule has 1 aliphatic carbocycles. The van der Waals surface area contributed by atoms with Crippen molar-refractivity contribution in [3.63, 3.8) is 0 Å². The summed E-state index contributed by atoms with van der Waals surface area (Å²) in [6.07, 6.45) is 7.60. The average Bonchev–Trinajstić information content (AvgIpc) is 2.90. The Morgan fingerprint density at radius 1 is 1.52 bits per heavy atom. The Morgan fingerprint density at radius 2 is 2.38 bits per heavy atom. The highest BCUT2D eigenvalue weighted by molar-refractivity contribution is 5.70. The third-order valence-corrected chi connectivity index (χ3v) is 4.32. The van der Waals surface area contributed by atoms with Crippen LogP contribution >= 0.6 is 0 Å². The number of fused-ring (bicyclic) bond motifs is 1. The lowest BCUT2D eigenvalue weighted by atomic mass is 9.86. The summed E-state index contributed by atoms with van der Waals surface area (Å²) in [6, 6.07) is 4.35. The summed E-state index contributed by atoms with van der Waals surface area (Å²) in [5.41, 5.74) is 3.15. The van der Waals surface area contributed by atoms with Crippen LogP contribution in [0, 0.1) is 12.8 Å². The molecular formula is C16H21N3O2. The van der Waals surface area contributed by atoms with Crippen molar-refractivity contribution in [2.75, 3.05) is 0 Å². The predicted molar refractivity (Wildman–Crippen MR) is 80.2 cm³/mol. The van der Waals surface area contributed by atoms with Crippen LogP contribution in [0.15, 0.2) is 24.5 Å². The van der Waals surface area contributed by atoms with E-state index in [0.717, 1.165) is 42.6 Å². The highest BCUT2D eigenvalue weighted by Gasteiger charge is 2.26. The number of aryl methyl sites for hydroxylation is 1. The fourth-order valence-electron chi connectivity index (χ4n) is 3.14. The van der Waals surface area contributed by atoms with Gasteiger partial charge in [0.25, 0.3) is 0 Å². The molecule has 2 aromatic rings. The normalized spacial score (nSPS) is 22.5. The van der Waals surface area contributed by atoms with Gasteiger partial charge in [-0.25, -0.2) is 4.98 Å². The second-order valence-electron chi connectivity index (χ2n) is 5.93. The maximum atomic E-state index is 11.1. The minimum atomic E-state index is -0.662. The molecule has 5 nitrogen and oxygen atoms in total. The minimum Gasteiger partial charge on any atom is -0.481 e. The van der Waals surface area contributed by atoms with Crippen LogP contribution in [0.4, 0.5) is 0 Å². The first-order chi connectivity index (χ1) is 10.1. The number of hydrogen-bond donors (Lipinski definition) is 2. The van der Waals surface area contributed by atoms with E-state index in [2.05, 4.69) is 23.3 Å². The van der Waals surface area contributed by atoms with Crippen LogP contribution in [0.5, 0.6) is 0 Å². The zero-order chi connectivity index (χ0) is 14.8. The van der Waals surface area contributed by atoms with Gasteiger partial charge >= 0.3 is 5.97 Å². The molecule has 2 N–H and O–H groups in total. The van der Waals surface area contributed by atoms with Crippen molar-refractivity contribution in [3.05, 3.63) is 35.8 Å². The number of carboxylic acid groups (broad SMARTS) is 1. The second kappa shape index (κ2) is 5.85. The predicted octanol–water partition coefficient (Wildman–Crippen LogP) is 2.38. The molecule has 112 valence electrons. The molecule has 21 heavy (non-hydrogen) atoms. The van der Waals surface area contributed by atoms with Crippen LogP contribution in [-0.2, 0) is 11.3 Å². The quantitative estimate of drug-likeness (QED) is 0.906. The van der Waals surface area contributed by atoms with E-state index in [0.29, 0.717) is 6.54 Å². The van der Waals surface area contributed by atoms with Gasteiger partial charge < -0.3 is 14.8 Å². The molecule has 2 unspecified atom stereocenters. The van der Waals surface area contributed by atoms with E-state index in [4.69, 9.17) is 5.11 Å². The maximum Gasteiger partial charge on any atom is 0.306 e. The van der Waals surface area contributed by atoms with Crippen LogP contribution < -0.4 is 5.32 Å². The monoisotopic (exact) mass is 287 g/mol. The Labute approximate surface area is 124 Å². The van der Waals surface area contributed by atoms with Crippen LogP contribution in [0.3, 0.4) is 0 Å². The van der Waals surface area contributed by atoms with Gasteiger partial charge in [-0.15, -0.1) is 0 Å². The first-order valence-corrected chi connectivity index (χ1v) is 7.53. The van der Waals surface area contributed by atoms with Gasteiger partial charge in [-0.05, 0) is 37.8 Å². The lowest BCUT2D eigenvalue weighted by Crippen LogP contribution is -2.36. The molecule has 1 saturated carbocycles. The molecule has 0 bridgehead atoms. The number of aliphatic carboxylic acids is 1. The molecule has 0 aromatic carbocycles. The average molecular weight is 287 g/mol. The van der Waals surface area contributed by atoms with Gasteiger partial charge in [0.15, 0.2) is 0 Å². The molecule has 0 radical (unpaired) electrons. The molecule has 0 amide bonds. The summed E-state index contributed by atoms with van der Waals surface area (Å²) in [5.74, 6) is -0.857. The summed E-state index contributed by atoms with van der Waals surface area (Å²) in [5, 5.41) is 12.6. The highest BCUT2D eigenvalue weighted by atomic mass is 16.4. The van der Waals surface area contributed by atoms with Crippen LogP contribution in [0.2, 0.25) is 0 Å². The van der Waals surface area contributed by atoms with Crippen LogP contribution in [0.25, 0.3) is 5.65 Å². The number of carboxylic acids is 1. The van der Waals surface area contributed by atoms with Crippen LogP contribution in [0.1, 0.15) is 36.9 Å². The van der Waals surface area contributed by atoms with Gasteiger partial charge in [0.1, 0.15) is 5.65 Å². The summed E-state index contributed by atoms with van der Waals surface area (Å²) < 4.78 is 2.03. The number of nitrogens with one attached hydrogen (secondary N) is 1. The Morgan fingerprint density at radius 3 is 3.14 bits per heavy atom. The van der Waals surface area contributed by atoms with Crippen molar-refractivity contribution in [3.8, 4) is 0 Å². The van der Waals surface area contributed by atoms with E-state index >= 15 is 0 Å². The number of hydrogen-bond acceptors (Lipinski definition) is 3. The largest absolute Gasteiger partial charge is 0.481 e. The molecule has 0 spiro atoms. The van der Waals surface area contributed by atoms with E-state index in [-0.39, 0.29) is 12.0 Å². The molecule has 2 atom stereocenters. The summed E-state index contributed by atoms with van der Waals surface area (Å²) in [4.78, 5) is 15.7. The zero-order valence-electron chi connectivity index (χ0n) is 12.2. The zero-order valence-corrected chi connectivity index (χ0v) is 12.2. The number of nitrogens with zero attached hydrogens (tertiary/aromatic N) is 2. The van der Waals surface area contributed by atoms with E-state index < -0.39 is 5.97 Å². The van der Waals surface area contributed by atoms with Gasteiger partial charge in [0.05, 0.1) is 11.6 Å². The standard InChI is InChI=1S/C16H21N3O2/c1-11-4-3-7-19-10-14(18-15(11)19)9-17-13-6-2-5-12(8-13)16(20)21/h3-4,7,10,12-13,17H,2,5-6,8-9H2,1H3,(H,20,21). The van der Waals surface area contributed by atoms with E-state index in [9.17, 15) is 4.79 Å². The van der Waals surface area contributed by atoms with Gasteiger partial charge in [0.2, 0.25) is 0 Å². The summed E-state index contributed by atoms with van der Waals surface area (Å²) in [6.45, 7) is 2.75. The Hall–Kier alpha value is -1.88. The molecular weight excluding hydrogens is 266 g/mol. The lowest BCUT2D eigenvalue weighted by molar-refractivity contribution is -0.143. The van der Waals surface area contributed by atoms with E-state index in [1.807, 2.05) is 22.9 Å². The molecule has 0 aliphatic heterocycles. The first-order valence-electron chi connectivity index (χ1n) is 7.53. The lowest BCUT2D eigenvalue weighted by Gasteiger charge is -2.27. The van der Waals surface area contributed by atoms with Crippen molar-refractivity contribution < 1.29 is 9.90 Å². The Kier molecular flexibility index (Phi) is 3.92. The maximum absolute atomic E-state index is 11.1. The number of carbonyl (C=O) groups is 1. The highest BCUT2D eigenvalue weighted by Crippen LogP contribution is 2.24. The van der Waals surface area contributed by atoms with Crippen molar-refractivity contribution in [1.29, 1.82) is 0 Å². The van der Waals surface area contributed by atoms with Gasteiger partial charge in [-0.1, -0.05) is 12.5 Å². The third kappa shape index (κ3) is 3.08. The summed E-state index contributed by atoms with van der Waals surface area (Å²) in [7, 11) is 0. The van der Waals surface area contributed by atoms with E-state index in [1.54, 1.807) is 0 Å². The van der Waals surface area contributed by atoms with Crippen molar-refractivity contribution in [2.45, 2.75) is 45.2 Å². The topological polar surface area (TPSA) is 66.6 Å². The minimum absolute atomic E-state index is 0.195. The van der Waals surface area contributed by atoms with Gasteiger partial charge in [-0.2, -0.15) is 0 Å². The molecule has 2 heterocycles. The van der Waals surface area contributed by atoms with E-state index in [1.165, 1.54) is 0 Å². The molecule has 1 fully saturated rings. The Bertz CT molecular complexity index is 650. The first kappa shape index (κ1) is 14.1. The number of rotatable bonds is 4. The number of imidazole rings is 1. The van der Waals surface area contributed by atoms with Crippen LogP contribution in [-0.4, -0.2) is 26.5 Å². The smallest absolute Gasteiger partial charge is 0.306 e. The van der Waals surface area contributed by atoms with Crippen molar-refractivity contribution >= 4 is 11.6 Å².